The number of thioether (sulfide) groups is 1. The van der Waals surface area contributed by atoms with Gasteiger partial charge in [-0.2, -0.15) is 0 Å². The van der Waals surface area contributed by atoms with Gasteiger partial charge in [-0.05, 0) is 6.92 Å². The van der Waals surface area contributed by atoms with E-state index in [1.807, 2.05) is 0 Å². The van der Waals surface area contributed by atoms with E-state index in [0.717, 1.165) is 11.8 Å². The maximum absolute atomic E-state index is 10.2. The van der Waals surface area contributed by atoms with E-state index in [2.05, 4.69) is 0 Å². The molecule has 0 aromatic heterocycles. The molecule has 2 aliphatic heterocycles. The van der Waals surface area contributed by atoms with Crippen molar-refractivity contribution in [3.8, 4) is 0 Å². The van der Waals surface area contributed by atoms with Gasteiger partial charge >= 0.3 is 0 Å². The van der Waals surface area contributed by atoms with Crippen LogP contribution in [-0.2, 0) is 9.47 Å². The van der Waals surface area contributed by atoms with Crippen molar-refractivity contribution in [2.24, 2.45) is 0 Å². The summed E-state index contributed by atoms with van der Waals surface area (Å²) in [6.07, 6.45) is -9.44. The topological polar surface area (TPSA) is 160 Å². The SMILES string of the molecule is C[C@H]1OC(CO)[C@@H](S[C@@H]2OC(CO)[C@H](O)C(O)C2O)C(O)C1O. The van der Waals surface area contributed by atoms with Gasteiger partial charge in [0.15, 0.2) is 0 Å². The highest BCUT2D eigenvalue weighted by Crippen LogP contribution is 2.37. The highest BCUT2D eigenvalue weighted by Gasteiger charge is 2.49. The van der Waals surface area contributed by atoms with Gasteiger partial charge in [0.05, 0.1) is 36.8 Å². The fraction of sp³-hybridized carbons (Fsp3) is 1.00. The Morgan fingerprint density at radius 1 is 0.739 bits per heavy atom. The molecular weight excluding hydrogens is 332 g/mol. The van der Waals surface area contributed by atoms with Crippen LogP contribution in [0.15, 0.2) is 0 Å². The third-order valence-electron chi connectivity index (χ3n) is 4.24. The Kier molecular flexibility index (Phi) is 6.65. The standard InChI is InChI=1S/C13H24O9S/c1-4-7(16)10(19)12(6(3-15)21-4)23-13-11(20)9(18)8(17)5(2-14)22-13/h4-20H,2-3H2,1H3/t4-,5?,6?,7?,8+,9?,10?,11?,12-,13+/m1/s1. The van der Waals surface area contributed by atoms with Crippen molar-refractivity contribution in [3.63, 3.8) is 0 Å². The molecule has 7 N–H and O–H groups in total. The molecule has 2 rings (SSSR count). The Balaban J connectivity index is 2.11. The van der Waals surface area contributed by atoms with Crippen LogP contribution in [0, 0.1) is 0 Å². The van der Waals surface area contributed by atoms with E-state index in [1.54, 1.807) is 6.92 Å². The summed E-state index contributed by atoms with van der Waals surface area (Å²) in [5, 5.41) is 67.4. The molecule has 2 aliphatic rings. The Hall–Kier alpha value is -0.0100. The maximum atomic E-state index is 10.2. The van der Waals surface area contributed by atoms with Crippen molar-refractivity contribution in [3.05, 3.63) is 0 Å². The van der Waals surface area contributed by atoms with Gasteiger partial charge in [-0.15, -0.1) is 11.8 Å². The molecule has 9 nitrogen and oxygen atoms in total. The molecule has 6 unspecified atom stereocenters. The zero-order valence-corrected chi connectivity index (χ0v) is 13.4. The molecular formula is C13H24O9S. The first-order valence-electron chi connectivity index (χ1n) is 7.40. The normalized spacial score (nSPS) is 51.7. The Labute approximate surface area is 137 Å². The average Bonchev–Trinajstić information content (AvgIpc) is 2.55. The monoisotopic (exact) mass is 356 g/mol. The van der Waals surface area contributed by atoms with Crippen LogP contribution in [0.2, 0.25) is 0 Å². The molecule has 2 fully saturated rings. The number of aliphatic hydroxyl groups excluding tert-OH is 7. The van der Waals surface area contributed by atoms with Crippen LogP contribution in [-0.4, -0.2) is 108 Å². The Morgan fingerprint density at radius 2 is 1.35 bits per heavy atom. The predicted molar refractivity (Wildman–Crippen MR) is 78.6 cm³/mol. The van der Waals surface area contributed by atoms with Gasteiger partial charge < -0.3 is 45.2 Å². The molecule has 0 amide bonds. The second-order valence-corrected chi connectivity index (χ2v) is 7.12. The highest BCUT2D eigenvalue weighted by molar-refractivity contribution is 8.00. The van der Waals surface area contributed by atoms with Crippen LogP contribution >= 0.6 is 11.8 Å². The van der Waals surface area contributed by atoms with E-state index in [1.165, 1.54) is 0 Å². The lowest BCUT2D eigenvalue weighted by Crippen LogP contribution is -2.60. The average molecular weight is 356 g/mol. The van der Waals surface area contributed by atoms with Gasteiger partial charge in [0, 0.05) is 0 Å². The summed E-state index contributed by atoms with van der Waals surface area (Å²) < 4.78 is 10.8. The van der Waals surface area contributed by atoms with Gasteiger partial charge in [-0.3, -0.25) is 0 Å². The van der Waals surface area contributed by atoms with Gasteiger partial charge in [0.25, 0.3) is 0 Å². The summed E-state index contributed by atoms with van der Waals surface area (Å²) >= 11 is 0.872. The van der Waals surface area contributed by atoms with E-state index < -0.39 is 72.7 Å². The number of ether oxygens (including phenoxy) is 2. The number of aliphatic hydroxyl groups is 7. The van der Waals surface area contributed by atoms with Crippen molar-refractivity contribution >= 4 is 11.8 Å². The molecule has 10 atom stereocenters. The first-order valence-corrected chi connectivity index (χ1v) is 8.34. The Bertz CT molecular complexity index is 382. The minimum absolute atomic E-state index is 0.413. The van der Waals surface area contributed by atoms with E-state index in [-0.39, 0.29) is 0 Å². The quantitative estimate of drug-likeness (QED) is 0.268. The summed E-state index contributed by atoms with van der Waals surface area (Å²) in [6.45, 7) is 0.587. The lowest BCUT2D eigenvalue weighted by Gasteiger charge is -2.45. The second kappa shape index (κ2) is 7.91. The fourth-order valence-electron chi connectivity index (χ4n) is 2.78. The molecule has 23 heavy (non-hydrogen) atoms. The highest BCUT2D eigenvalue weighted by atomic mass is 32.2. The fourth-order valence-corrected chi connectivity index (χ4v) is 4.26. The van der Waals surface area contributed by atoms with E-state index in [0.29, 0.717) is 0 Å². The first-order chi connectivity index (χ1) is 10.8. The van der Waals surface area contributed by atoms with Crippen LogP contribution in [0.25, 0.3) is 0 Å². The molecule has 10 heteroatoms. The molecule has 0 bridgehead atoms. The molecule has 2 saturated heterocycles. The molecule has 2 heterocycles. The zero-order valence-electron chi connectivity index (χ0n) is 12.5. The first kappa shape index (κ1) is 19.3. The number of rotatable bonds is 4. The molecule has 0 aromatic carbocycles. The predicted octanol–water partition coefficient (Wildman–Crippen LogP) is -3.61. The molecule has 0 aromatic rings. The van der Waals surface area contributed by atoms with Crippen LogP contribution in [0.1, 0.15) is 6.92 Å². The van der Waals surface area contributed by atoms with Crippen molar-refractivity contribution in [1.82, 2.24) is 0 Å². The summed E-state index contributed by atoms with van der Waals surface area (Å²) in [7, 11) is 0. The van der Waals surface area contributed by atoms with Crippen molar-refractivity contribution in [1.29, 1.82) is 0 Å². The Morgan fingerprint density at radius 3 is 1.91 bits per heavy atom. The maximum Gasteiger partial charge on any atom is 0.132 e. The third-order valence-corrected chi connectivity index (χ3v) is 5.80. The van der Waals surface area contributed by atoms with E-state index in [9.17, 15) is 35.7 Å². The summed E-state index contributed by atoms with van der Waals surface area (Å²) in [6, 6.07) is 0. The van der Waals surface area contributed by atoms with Crippen LogP contribution in [0.5, 0.6) is 0 Å². The smallest absolute Gasteiger partial charge is 0.132 e. The van der Waals surface area contributed by atoms with Gasteiger partial charge in [0.1, 0.15) is 36.0 Å². The third kappa shape index (κ3) is 3.82. The van der Waals surface area contributed by atoms with Gasteiger partial charge in [-0.1, -0.05) is 0 Å². The molecule has 0 aliphatic carbocycles. The van der Waals surface area contributed by atoms with Crippen LogP contribution in [0.4, 0.5) is 0 Å². The minimum atomic E-state index is -1.53. The summed E-state index contributed by atoms with van der Waals surface area (Å²) in [5.41, 5.74) is -1.08. The summed E-state index contributed by atoms with van der Waals surface area (Å²) in [5.74, 6) is 0. The van der Waals surface area contributed by atoms with Gasteiger partial charge in [0.2, 0.25) is 0 Å². The molecule has 136 valence electrons. The van der Waals surface area contributed by atoms with E-state index >= 15 is 0 Å². The number of hydrogen-bond acceptors (Lipinski definition) is 10. The lowest BCUT2D eigenvalue weighted by atomic mass is 9.98. The number of hydrogen-bond donors (Lipinski definition) is 7. The minimum Gasteiger partial charge on any atom is -0.394 e. The largest absolute Gasteiger partial charge is 0.394 e. The molecule has 0 saturated carbocycles. The van der Waals surface area contributed by atoms with Crippen molar-refractivity contribution in [2.45, 2.75) is 66.4 Å². The summed E-state index contributed by atoms with van der Waals surface area (Å²) in [4.78, 5) is 0. The zero-order chi connectivity index (χ0) is 17.3. The van der Waals surface area contributed by atoms with E-state index in [4.69, 9.17) is 9.47 Å². The van der Waals surface area contributed by atoms with Crippen molar-refractivity contribution < 1.29 is 45.2 Å². The van der Waals surface area contributed by atoms with Crippen molar-refractivity contribution in [2.75, 3.05) is 13.2 Å². The molecule has 0 spiro atoms. The second-order valence-electron chi connectivity index (χ2n) is 5.84. The van der Waals surface area contributed by atoms with Crippen LogP contribution < -0.4 is 0 Å². The molecule has 0 radical (unpaired) electrons. The van der Waals surface area contributed by atoms with Crippen LogP contribution in [0.3, 0.4) is 0 Å². The lowest BCUT2D eigenvalue weighted by molar-refractivity contribution is -0.207. The van der Waals surface area contributed by atoms with Gasteiger partial charge in [-0.25, -0.2) is 0 Å².